The van der Waals surface area contributed by atoms with E-state index >= 15 is 0 Å². The summed E-state index contributed by atoms with van der Waals surface area (Å²) in [4.78, 5) is 19.0. The van der Waals surface area contributed by atoms with Crippen LogP contribution in [0.3, 0.4) is 0 Å². The van der Waals surface area contributed by atoms with Crippen molar-refractivity contribution >= 4 is 23.3 Å². The van der Waals surface area contributed by atoms with Crippen molar-refractivity contribution in [1.82, 2.24) is 14.3 Å². The van der Waals surface area contributed by atoms with E-state index in [0.29, 0.717) is 5.75 Å². The number of carbonyl (C=O) groups excluding carboxylic acids is 1. The molecule has 0 bridgehead atoms. The molecule has 1 fully saturated rings. The van der Waals surface area contributed by atoms with Crippen molar-refractivity contribution in [2.24, 2.45) is 11.1 Å². The fourth-order valence-electron chi connectivity index (χ4n) is 3.15. The first-order valence-electron chi connectivity index (χ1n) is 8.40. The van der Waals surface area contributed by atoms with E-state index in [4.69, 9.17) is 5.73 Å². The van der Waals surface area contributed by atoms with Gasteiger partial charge in [-0.25, -0.2) is 4.98 Å². The SMILES string of the molecule is Cc1ccc2nc(CSCC(=O)N3CCC(N)C(C)(C)C3)cn2c1. The Hall–Kier alpha value is -1.53. The number of thioether (sulfide) groups is 1. The summed E-state index contributed by atoms with van der Waals surface area (Å²) >= 11 is 1.63. The number of fused-ring (bicyclic) bond motifs is 1. The average Bonchev–Trinajstić information content (AvgIpc) is 2.91. The maximum Gasteiger partial charge on any atom is 0.232 e. The Balaban J connectivity index is 1.53. The monoisotopic (exact) mass is 346 g/mol. The Morgan fingerprint density at radius 1 is 1.42 bits per heavy atom. The van der Waals surface area contributed by atoms with Crippen LogP contribution in [0.1, 0.15) is 31.5 Å². The molecule has 0 aromatic carbocycles. The molecule has 0 saturated carbocycles. The molecule has 1 aliphatic rings. The zero-order valence-electron chi connectivity index (χ0n) is 14.7. The van der Waals surface area contributed by atoms with Crippen molar-refractivity contribution < 1.29 is 4.79 Å². The molecule has 24 heavy (non-hydrogen) atoms. The number of imidazole rings is 1. The normalized spacial score (nSPS) is 20.5. The number of pyridine rings is 1. The van der Waals surface area contributed by atoms with E-state index in [1.165, 1.54) is 5.56 Å². The molecule has 0 radical (unpaired) electrons. The van der Waals surface area contributed by atoms with Gasteiger partial charge in [0.25, 0.3) is 0 Å². The largest absolute Gasteiger partial charge is 0.341 e. The molecule has 1 amide bonds. The van der Waals surface area contributed by atoms with E-state index < -0.39 is 0 Å². The topological polar surface area (TPSA) is 63.6 Å². The lowest BCUT2D eigenvalue weighted by molar-refractivity contribution is -0.131. The summed E-state index contributed by atoms with van der Waals surface area (Å²) in [7, 11) is 0. The van der Waals surface area contributed by atoms with Gasteiger partial charge in [0, 0.05) is 37.3 Å². The van der Waals surface area contributed by atoms with Crippen molar-refractivity contribution in [2.75, 3.05) is 18.8 Å². The molecule has 3 heterocycles. The first kappa shape index (κ1) is 17.3. The third-order valence-electron chi connectivity index (χ3n) is 4.79. The lowest BCUT2D eigenvalue weighted by Crippen LogP contribution is -2.54. The number of nitrogens with zero attached hydrogens (tertiary/aromatic N) is 3. The molecular formula is C18H26N4OS. The molecule has 0 spiro atoms. The molecule has 2 aromatic rings. The summed E-state index contributed by atoms with van der Waals surface area (Å²) in [5.74, 6) is 1.46. The van der Waals surface area contributed by atoms with Crippen molar-refractivity contribution in [3.8, 4) is 0 Å². The highest BCUT2D eigenvalue weighted by Crippen LogP contribution is 2.28. The van der Waals surface area contributed by atoms with E-state index in [1.54, 1.807) is 11.8 Å². The van der Waals surface area contributed by atoms with Crippen LogP contribution in [0.15, 0.2) is 24.5 Å². The second-order valence-electron chi connectivity index (χ2n) is 7.40. The van der Waals surface area contributed by atoms with E-state index in [1.807, 2.05) is 21.6 Å². The van der Waals surface area contributed by atoms with Crippen molar-refractivity contribution in [1.29, 1.82) is 0 Å². The van der Waals surface area contributed by atoms with Gasteiger partial charge in [-0.15, -0.1) is 11.8 Å². The fraction of sp³-hybridized carbons (Fsp3) is 0.556. The highest BCUT2D eigenvalue weighted by Gasteiger charge is 2.35. The molecule has 3 rings (SSSR count). The van der Waals surface area contributed by atoms with Crippen molar-refractivity contribution in [3.05, 3.63) is 35.8 Å². The maximum absolute atomic E-state index is 12.4. The van der Waals surface area contributed by atoms with Gasteiger partial charge in [0.05, 0.1) is 11.4 Å². The van der Waals surface area contributed by atoms with E-state index in [-0.39, 0.29) is 17.4 Å². The van der Waals surface area contributed by atoms with Crippen LogP contribution >= 0.6 is 11.8 Å². The summed E-state index contributed by atoms with van der Waals surface area (Å²) < 4.78 is 2.04. The van der Waals surface area contributed by atoms with Gasteiger partial charge in [0.1, 0.15) is 5.65 Å². The van der Waals surface area contributed by atoms with Gasteiger partial charge in [0.15, 0.2) is 0 Å². The Labute approximate surface area is 147 Å². The summed E-state index contributed by atoms with van der Waals surface area (Å²) in [6, 6.07) is 4.26. The third-order valence-corrected chi connectivity index (χ3v) is 5.74. The zero-order valence-corrected chi connectivity index (χ0v) is 15.5. The average molecular weight is 347 g/mol. The van der Waals surface area contributed by atoms with Crippen LogP contribution in [-0.2, 0) is 10.5 Å². The molecule has 5 nitrogen and oxygen atoms in total. The second-order valence-corrected chi connectivity index (χ2v) is 8.38. The van der Waals surface area contributed by atoms with Crippen LogP contribution in [0, 0.1) is 12.3 Å². The maximum atomic E-state index is 12.4. The Kier molecular flexibility index (Phi) is 4.88. The molecule has 1 saturated heterocycles. The van der Waals surface area contributed by atoms with Gasteiger partial charge in [-0.3, -0.25) is 4.79 Å². The summed E-state index contributed by atoms with van der Waals surface area (Å²) in [6.07, 6.45) is 5.00. The molecule has 1 unspecified atom stereocenters. The Morgan fingerprint density at radius 2 is 2.21 bits per heavy atom. The molecule has 2 aromatic heterocycles. The highest BCUT2D eigenvalue weighted by molar-refractivity contribution is 7.99. The summed E-state index contributed by atoms with van der Waals surface area (Å²) in [5, 5.41) is 0. The minimum absolute atomic E-state index is 0.00195. The summed E-state index contributed by atoms with van der Waals surface area (Å²) in [5.41, 5.74) is 9.32. The van der Waals surface area contributed by atoms with Gasteiger partial charge < -0.3 is 15.0 Å². The predicted molar refractivity (Wildman–Crippen MR) is 99.0 cm³/mol. The smallest absolute Gasteiger partial charge is 0.232 e. The van der Waals surface area contributed by atoms with E-state index in [2.05, 4.69) is 38.0 Å². The Bertz CT molecular complexity index is 740. The highest BCUT2D eigenvalue weighted by atomic mass is 32.2. The molecule has 1 aliphatic heterocycles. The van der Waals surface area contributed by atoms with Gasteiger partial charge in [0.2, 0.25) is 5.91 Å². The number of carbonyl (C=O) groups is 1. The number of likely N-dealkylation sites (tertiary alicyclic amines) is 1. The number of aromatic nitrogens is 2. The van der Waals surface area contributed by atoms with Crippen LogP contribution in [0.4, 0.5) is 0 Å². The van der Waals surface area contributed by atoms with Crippen molar-refractivity contribution in [2.45, 2.75) is 39.0 Å². The quantitative estimate of drug-likeness (QED) is 0.924. The first-order chi connectivity index (χ1) is 11.3. The number of hydrogen-bond acceptors (Lipinski definition) is 4. The molecule has 0 aliphatic carbocycles. The van der Waals surface area contributed by atoms with Gasteiger partial charge >= 0.3 is 0 Å². The summed E-state index contributed by atoms with van der Waals surface area (Å²) in [6.45, 7) is 7.88. The van der Waals surface area contributed by atoms with E-state index in [0.717, 1.165) is 36.6 Å². The lowest BCUT2D eigenvalue weighted by atomic mass is 9.80. The van der Waals surface area contributed by atoms with Crippen LogP contribution in [0.5, 0.6) is 0 Å². The minimum Gasteiger partial charge on any atom is -0.341 e. The molecule has 130 valence electrons. The minimum atomic E-state index is -0.00195. The zero-order chi connectivity index (χ0) is 17.3. The molecule has 2 N–H and O–H groups in total. The fourth-order valence-corrected chi connectivity index (χ4v) is 3.95. The number of amides is 1. The third kappa shape index (κ3) is 3.75. The Morgan fingerprint density at radius 3 is 2.96 bits per heavy atom. The molecule has 6 heteroatoms. The second kappa shape index (κ2) is 6.76. The van der Waals surface area contributed by atoms with Crippen molar-refractivity contribution in [3.63, 3.8) is 0 Å². The van der Waals surface area contributed by atoms with Crippen LogP contribution < -0.4 is 5.73 Å². The number of piperidine rings is 1. The number of rotatable bonds is 4. The van der Waals surface area contributed by atoms with Gasteiger partial charge in [-0.05, 0) is 30.4 Å². The lowest BCUT2D eigenvalue weighted by Gasteiger charge is -2.42. The van der Waals surface area contributed by atoms with Crippen LogP contribution in [0.2, 0.25) is 0 Å². The number of aryl methyl sites for hydroxylation is 1. The molecular weight excluding hydrogens is 320 g/mol. The van der Waals surface area contributed by atoms with Crippen LogP contribution in [-0.4, -0.2) is 45.1 Å². The first-order valence-corrected chi connectivity index (χ1v) is 9.56. The standard InChI is InChI=1S/C18H26N4OS/c1-13-4-5-16-20-14(9-22(16)8-13)10-24-11-17(23)21-7-6-15(19)18(2,3)12-21/h4-5,8-9,15H,6-7,10-12,19H2,1-3H3. The van der Waals surface area contributed by atoms with E-state index in [9.17, 15) is 4.79 Å². The number of hydrogen-bond donors (Lipinski definition) is 1. The van der Waals surface area contributed by atoms with Gasteiger partial charge in [-0.1, -0.05) is 19.9 Å². The van der Waals surface area contributed by atoms with Crippen LogP contribution in [0.25, 0.3) is 5.65 Å². The molecule has 1 atom stereocenters. The number of nitrogens with two attached hydrogens (primary N) is 1. The predicted octanol–water partition coefficient (Wildman–Crippen LogP) is 2.46. The van der Waals surface area contributed by atoms with Gasteiger partial charge in [-0.2, -0.15) is 0 Å².